The molecule has 1 unspecified atom stereocenters. The van der Waals surface area contributed by atoms with Crippen LogP contribution in [-0.4, -0.2) is 60.2 Å². The van der Waals surface area contributed by atoms with Crippen molar-refractivity contribution in [1.29, 1.82) is 5.26 Å². The van der Waals surface area contributed by atoms with Crippen molar-refractivity contribution in [3.05, 3.63) is 47.9 Å². The average Bonchev–Trinajstić information content (AvgIpc) is 3.67. The maximum atomic E-state index is 12.5. The molecule has 1 aliphatic heterocycles. The van der Waals surface area contributed by atoms with Crippen molar-refractivity contribution in [3.63, 3.8) is 0 Å². The standard InChI is InChI=1S/C25H29N5O2/c1-4-22-20(6-5-10-27-22)21-14-19(15-26)25(28-24(21)18-7-8-18)29-11-12-30(17(2)16-29)23(31)9-13-32-3/h4-6,10,14,17-18H,1,7-9,11-13,16H2,2-3H3. The van der Waals surface area contributed by atoms with E-state index in [1.54, 1.807) is 19.4 Å². The van der Waals surface area contributed by atoms with Crippen LogP contribution in [0.25, 0.3) is 17.2 Å². The molecule has 2 fully saturated rings. The first kappa shape index (κ1) is 22.0. The largest absolute Gasteiger partial charge is 0.384 e. The number of pyridine rings is 2. The molecule has 4 rings (SSSR count). The molecular weight excluding hydrogens is 402 g/mol. The Labute approximate surface area is 189 Å². The molecule has 2 aromatic rings. The summed E-state index contributed by atoms with van der Waals surface area (Å²) >= 11 is 0. The second kappa shape index (κ2) is 9.49. The quantitative estimate of drug-likeness (QED) is 0.666. The zero-order valence-corrected chi connectivity index (χ0v) is 18.8. The summed E-state index contributed by atoms with van der Waals surface area (Å²) in [6, 6.07) is 8.27. The number of nitrogens with zero attached hydrogens (tertiary/aromatic N) is 5. The van der Waals surface area contributed by atoms with Crippen molar-refractivity contribution in [2.75, 3.05) is 38.3 Å². The lowest BCUT2D eigenvalue weighted by molar-refractivity contribution is -0.134. The molecule has 32 heavy (non-hydrogen) atoms. The van der Waals surface area contributed by atoms with Crippen LogP contribution in [0.1, 0.15) is 49.1 Å². The van der Waals surface area contributed by atoms with Gasteiger partial charge in [-0.2, -0.15) is 5.26 Å². The molecule has 2 aliphatic rings. The summed E-state index contributed by atoms with van der Waals surface area (Å²) in [5.74, 6) is 1.23. The number of nitriles is 1. The second-order valence-corrected chi connectivity index (χ2v) is 8.44. The topological polar surface area (TPSA) is 82.4 Å². The summed E-state index contributed by atoms with van der Waals surface area (Å²) in [6.45, 7) is 8.28. The molecule has 1 saturated carbocycles. The van der Waals surface area contributed by atoms with Gasteiger partial charge in [-0.1, -0.05) is 12.6 Å². The third-order valence-corrected chi connectivity index (χ3v) is 6.21. The minimum Gasteiger partial charge on any atom is -0.384 e. The lowest BCUT2D eigenvalue weighted by Crippen LogP contribution is -2.54. The van der Waals surface area contributed by atoms with Crippen LogP contribution in [0.4, 0.5) is 5.82 Å². The predicted molar refractivity (Wildman–Crippen MR) is 124 cm³/mol. The Kier molecular flexibility index (Phi) is 6.52. The zero-order chi connectivity index (χ0) is 22.7. The summed E-state index contributed by atoms with van der Waals surface area (Å²) in [5, 5.41) is 9.96. The van der Waals surface area contributed by atoms with E-state index in [9.17, 15) is 10.1 Å². The van der Waals surface area contributed by atoms with E-state index in [1.807, 2.05) is 30.0 Å². The van der Waals surface area contributed by atoms with E-state index in [0.29, 0.717) is 44.1 Å². The Morgan fingerprint density at radius 3 is 2.84 bits per heavy atom. The third-order valence-electron chi connectivity index (χ3n) is 6.21. The van der Waals surface area contributed by atoms with Gasteiger partial charge in [-0.05, 0) is 38.0 Å². The summed E-state index contributed by atoms with van der Waals surface area (Å²) in [7, 11) is 1.61. The van der Waals surface area contributed by atoms with Crippen molar-refractivity contribution < 1.29 is 9.53 Å². The number of rotatable bonds is 7. The van der Waals surface area contributed by atoms with Crippen LogP contribution < -0.4 is 4.90 Å². The van der Waals surface area contributed by atoms with Crippen molar-refractivity contribution in [2.24, 2.45) is 0 Å². The minimum atomic E-state index is 0.0381. The Morgan fingerprint density at radius 2 is 2.19 bits per heavy atom. The maximum Gasteiger partial charge on any atom is 0.225 e. The van der Waals surface area contributed by atoms with Crippen molar-refractivity contribution in [3.8, 4) is 17.2 Å². The van der Waals surface area contributed by atoms with Gasteiger partial charge in [-0.15, -0.1) is 0 Å². The fourth-order valence-corrected chi connectivity index (χ4v) is 4.39. The number of amides is 1. The summed E-state index contributed by atoms with van der Waals surface area (Å²) in [6.07, 6.45) is 6.09. The Hall–Kier alpha value is -3.24. The molecule has 0 N–H and O–H groups in total. The molecule has 1 atom stereocenters. The van der Waals surface area contributed by atoms with Gasteiger partial charge >= 0.3 is 0 Å². The number of methoxy groups -OCH3 is 1. The number of aromatic nitrogens is 2. The van der Waals surface area contributed by atoms with Crippen LogP contribution in [0.15, 0.2) is 31.0 Å². The number of hydrogen-bond acceptors (Lipinski definition) is 6. The summed E-state index contributed by atoms with van der Waals surface area (Å²) in [5.41, 5.74) is 4.31. The molecule has 0 aromatic carbocycles. The molecule has 0 radical (unpaired) electrons. The van der Waals surface area contributed by atoms with Gasteiger partial charge in [0.1, 0.15) is 11.9 Å². The van der Waals surface area contributed by atoms with E-state index in [2.05, 4.69) is 22.5 Å². The first-order valence-electron chi connectivity index (χ1n) is 11.1. The summed E-state index contributed by atoms with van der Waals surface area (Å²) < 4.78 is 5.05. The number of piperazine rings is 1. The molecule has 0 spiro atoms. The highest BCUT2D eigenvalue weighted by Crippen LogP contribution is 2.45. The Morgan fingerprint density at radius 1 is 1.38 bits per heavy atom. The number of carbonyl (C=O) groups is 1. The van der Waals surface area contributed by atoms with Gasteiger partial charge in [0.25, 0.3) is 0 Å². The van der Waals surface area contributed by atoms with E-state index >= 15 is 0 Å². The monoisotopic (exact) mass is 431 g/mol. The van der Waals surface area contributed by atoms with Crippen LogP contribution in [0.3, 0.4) is 0 Å². The van der Waals surface area contributed by atoms with Gasteiger partial charge in [0, 0.05) is 56.0 Å². The van der Waals surface area contributed by atoms with Gasteiger partial charge in [0.15, 0.2) is 0 Å². The van der Waals surface area contributed by atoms with E-state index in [4.69, 9.17) is 9.72 Å². The molecule has 7 nitrogen and oxygen atoms in total. The Balaban J connectivity index is 1.66. The molecule has 3 heterocycles. The number of ether oxygens (including phenoxy) is 1. The normalized spacial score (nSPS) is 18.3. The van der Waals surface area contributed by atoms with Crippen molar-refractivity contribution in [1.82, 2.24) is 14.9 Å². The number of hydrogen-bond donors (Lipinski definition) is 0. The first-order valence-corrected chi connectivity index (χ1v) is 11.1. The molecule has 166 valence electrons. The lowest BCUT2D eigenvalue weighted by atomic mass is 9.97. The predicted octanol–water partition coefficient (Wildman–Crippen LogP) is 3.61. The number of anilines is 1. The van der Waals surface area contributed by atoms with Crippen LogP contribution in [0, 0.1) is 11.3 Å². The van der Waals surface area contributed by atoms with Crippen molar-refractivity contribution in [2.45, 2.75) is 38.1 Å². The lowest BCUT2D eigenvalue weighted by Gasteiger charge is -2.41. The van der Waals surface area contributed by atoms with Gasteiger partial charge in [-0.25, -0.2) is 4.98 Å². The van der Waals surface area contributed by atoms with Crippen LogP contribution >= 0.6 is 0 Å². The highest BCUT2D eigenvalue weighted by molar-refractivity contribution is 5.79. The Bertz CT molecular complexity index is 1060. The van der Waals surface area contributed by atoms with E-state index in [1.165, 1.54) is 0 Å². The van der Waals surface area contributed by atoms with E-state index < -0.39 is 0 Å². The van der Waals surface area contributed by atoms with Gasteiger partial charge in [0.2, 0.25) is 5.91 Å². The van der Waals surface area contributed by atoms with Crippen LogP contribution in [0.2, 0.25) is 0 Å². The number of carbonyl (C=O) groups excluding carboxylic acids is 1. The average molecular weight is 432 g/mol. The molecule has 7 heteroatoms. The van der Waals surface area contributed by atoms with Crippen molar-refractivity contribution >= 4 is 17.8 Å². The third kappa shape index (κ3) is 4.37. The van der Waals surface area contributed by atoms with E-state index in [0.717, 1.165) is 41.2 Å². The first-order chi connectivity index (χ1) is 15.6. The highest BCUT2D eigenvalue weighted by Gasteiger charge is 2.33. The molecular formula is C25H29N5O2. The zero-order valence-electron chi connectivity index (χ0n) is 18.8. The fourth-order valence-electron chi connectivity index (χ4n) is 4.39. The molecule has 1 amide bonds. The van der Waals surface area contributed by atoms with Crippen LogP contribution in [0.5, 0.6) is 0 Å². The molecule has 2 aromatic heterocycles. The molecule has 0 bridgehead atoms. The molecule has 1 saturated heterocycles. The SMILES string of the molecule is C=Cc1ncccc1-c1cc(C#N)c(N2CCN(C(=O)CCOC)C(C)C2)nc1C1CC1. The second-order valence-electron chi connectivity index (χ2n) is 8.44. The van der Waals surface area contributed by atoms with E-state index in [-0.39, 0.29) is 11.9 Å². The minimum absolute atomic E-state index is 0.0381. The molecule has 1 aliphatic carbocycles. The smallest absolute Gasteiger partial charge is 0.225 e. The highest BCUT2D eigenvalue weighted by atomic mass is 16.5. The van der Waals surface area contributed by atoms with Gasteiger partial charge < -0.3 is 14.5 Å². The van der Waals surface area contributed by atoms with Gasteiger partial charge in [0.05, 0.1) is 30.0 Å². The fraction of sp³-hybridized carbons (Fsp3) is 0.440. The maximum absolute atomic E-state index is 12.5. The van der Waals surface area contributed by atoms with Gasteiger partial charge in [-0.3, -0.25) is 9.78 Å². The van der Waals surface area contributed by atoms with Crippen LogP contribution in [-0.2, 0) is 9.53 Å². The summed E-state index contributed by atoms with van der Waals surface area (Å²) in [4.78, 5) is 26.0.